The van der Waals surface area contributed by atoms with Crippen molar-refractivity contribution in [2.45, 2.75) is 44.8 Å². The van der Waals surface area contributed by atoms with Crippen LogP contribution in [0.25, 0.3) is 0 Å². The van der Waals surface area contributed by atoms with Crippen LogP contribution in [-0.2, 0) is 0 Å². The molecule has 0 saturated carbocycles. The highest BCUT2D eigenvalue weighted by molar-refractivity contribution is 5.11. The van der Waals surface area contributed by atoms with Crippen LogP contribution in [0.4, 0.5) is 0 Å². The molecular formula is C11H19NO. The maximum Gasteiger partial charge on any atom is 0.0695 e. The number of hydrogen-bond acceptors (Lipinski definition) is 2. The molecule has 0 spiro atoms. The zero-order chi connectivity index (χ0) is 9.26. The van der Waals surface area contributed by atoms with Crippen molar-refractivity contribution in [1.29, 1.82) is 0 Å². The molecule has 2 atom stereocenters. The summed E-state index contributed by atoms with van der Waals surface area (Å²) >= 11 is 0. The largest absolute Gasteiger partial charge is 0.389 e. The van der Waals surface area contributed by atoms with Crippen LogP contribution in [0, 0.1) is 0 Å². The van der Waals surface area contributed by atoms with Crippen molar-refractivity contribution in [3.63, 3.8) is 0 Å². The van der Waals surface area contributed by atoms with Crippen molar-refractivity contribution in [2.24, 2.45) is 0 Å². The average Bonchev–Trinajstić information content (AvgIpc) is 2.49. The zero-order valence-electron chi connectivity index (χ0n) is 8.37. The number of fused-ring (bicyclic) bond motifs is 1. The van der Waals surface area contributed by atoms with Crippen LogP contribution < -0.4 is 0 Å². The Bertz CT molecular complexity index is 210. The van der Waals surface area contributed by atoms with Gasteiger partial charge in [-0.1, -0.05) is 11.6 Å². The van der Waals surface area contributed by atoms with Crippen molar-refractivity contribution >= 4 is 0 Å². The molecule has 13 heavy (non-hydrogen) atoms. The lowest BCUT2D eigenvalue weighted by atomic mass is 9.96. The fourth-order valence-corrected chi connectivity index (χ4v) is 2.61. The van der Waals surface area contributed by atoms with Gasteiger partial charge in [0, 0.05) is 12.6 Å². The van der Waals surface area contributed by atoms with Crippen LogP contribution in [0.5, 0.6) is 0 Å². The van der Waals surface area contributed by atoms with Gasteiger partial charge in [0.2, 0.25) is 0 Å². The summed E-state index contributed by atoms with van der Waals surface area (Å²) in [5.41, 5.74) is 1.47. The summed E-state index contributed by atoms with van der Waals surface area (Å²) in [6, 6.07) is 0.791. The van der Waals surface area contributed by atoms with Gasteiger partial charge in [-0.05, 0) is 39.2 Å². The van der Waals surface area contributed by atoms with E-state index < -0.39 is 0 Å². The number of hydrogen-bond donors (Lipinski definition) is 1. The van der Waals surface area contributed by atoms with Crippen molar-refractivity contribution in [2.75, 3.05) is 13.1 Å². The first-order valence-electron chi connectivity index (χ1n) is 5.37. The standard InChI is InChI=1S/C11H19NO/c1-9(13)7-10-4-6-12-5-2-3-11(12)8-10/h7,9,11,13H,2-6,8H2,1H3/b10-7-. The molecule has 0 aromatic rings. The normalized spacial score (nSPS) is 34.9. The second-order valence-corrected chi connectivity index (χ2v) is 4.35. The van der Waals surface area contributed by atoms with Crippen LogP contribution in [0.15, 0.2) is 11.6 Å². The number of piperidine rings is 1. The number of aliphatic hydroxyl groups is 1. The van der Waals surface area contributed by atoms with E-state index >= 15 is 0 Å². The molecule has 2 heterocycles. The van der Waals surface area contributed by atoms with Gasteiger partial charge in [-0.3, -0.25) is 4.90 Å². The monoisotopic (exact) mass is 181 g/mol. The SMILES string of the molecule is CC(O)/C=C1/CCN2CCCC2C1. The lowest BCUT2D eigenvalue weighted by Crippen LogP contribution is -2.35. The Morgan fingerprint density at radius 3 is 3.15 bits per heavy atom. The molecule has 2 fully saturated rings. The van der Waals surface area contributed by atoms with Crippen molar-refractivity contribution in [3.05, 3.63) is 11.6 Å². The van der Waals surface area contributed by atoms with Gasteiger partial charge in [0.05, 0.1) is 6.10 Å². The van der Waals surface area contributed by atoms with Gasteiger partial charge in [0.25, 0.3) is 0 Å². The summed E-state index contributed by atoms with van der Waals surface area (Å²) in [7, 11) is 0. The summed E-state index contributed by atoms with van der Waals surface area (Å²) in [5, 5.41) is 9.26. The lowest BCUT2D eigenvalue weighted by molar-refractivity contribution is 0.218. The molecule has 74 valence electrons. The molecule has 2 rings (SSSR count). The van der Waals surface area contributed by atoms with Gasteiger partial charge in [-0.2, -0.15) is 0 Å². The average molecular weight is 181 g/mol. The molecule has 1 N–H and O–H groups in total. The number of rotatable bonds is 1. The maximum absolute atomic E-state index is 9.26. The third kappa shape index (κ3) is 2.12. The van der Waals surface area contributed by atoms with E-state index in [0.29, 0.717) is 0 Å². The first-order valence-corrected chi connectivity index (χ1v) is 5.37. The van der Waals surface area contributed by atoms with Gasteiger partial charge < -0.3 is 5.11 Å². The van der Waals surface area contributed by atoms with E-state index in [1.165, 1.54) is 44.3 Å². The highest BCUT2D eigenvalue weighted by Crippen LogP contribution is 2.29. The van der Waals surface area contributed by atoms with Gasteiger partial charge in [-0.25, -0.2) is 0 Å². The minimum atomic E-state index is -0.261. The molecule has 0 radical (unpaired) electrons. The molecular weight excluding hydrogens is 162 g/mol. The smallest absolute Gasteiger partial charge is 0.0695 e. The van der Waals surface area contributed by atoms with E-state index in [0.717, 1.165) is 6.04 Å². The second-order valence-electron chi connectivity index (χ2n) is 4.35. The Balaban J connectivity index is 1.97. The van der Waals surface area contributed by atoms with Gasteiger partial charge in [0.15, 0.2) is 0 Å². The molecule has 0 bridgehead atoms. The summed E-state index contributed by atoms with van der Waals surface area (Å²) in [6.45, 7) is 4.35. The van der Waals surface area contributed by atoms with Crippen LogP contribution >= 0.6 is 0 Å². The van der Waals surface area contributed by atoms with Gasteiger partial charge >= 0.3 is 0 Å². The zero-order valence-corrected chi connectivity index (χ0v) is 8.37. The summed E-state index contributed by atoms with van der Waals surface area (Å²) in [5.74, 6) is 0. The fraction of sp³-hybridized carbons (Fsp3) is 0.818. The Morgan fingerprint density at radius 2 is 2.38 bits per heavy atom. The lowest BCUT2D eigenvalue weighted by Gasteiger charge is -2.31. The maximum atomic E-state index is 9.26. The molecule has 0 aliphatic carbocycles. The summed E-state index contributed by atoms with van der Waals surface area (Å²) in [6.07, 6.45) is 6.87. The topological polar surface area (TPSA) is 23.5 Å². The van der Waals surface area contributed by atoms with E-state index in [4.69, 9.17) is 0 Å². The Labute approximate surface area is 80.2 Å². The first-order chi connectivity index (χ1) is 6.25. The predicted molar refractivity (Wildman–Crippen MR) is 53.6 cm³/mol. The highest BCUT2D eigenvalue weighted by Gasteiger charge is 2.28. The molecule has 0 aromatic heterocycles. The summed E-state index contributed by atoms with van der Waals surface area (Å²) < 4.78 is 0. The van der Waals surface area contributed by atoms with Crippen molar-refractivity contribution < 1.29 is 5.11 Å². The minimum absolute atomic E-state index is 0.261. The molecule has 2 unspecified atom stereocenters. The van der Waals surface area contributed by atoms with Gasteiger partial charge in [-0.15, -0.1) is 0 Å². The van der Waals surface area contributed by atoms with Crippen LogP contribution in [0.1, 0.15) is 32.6 Å². The van der Waals surface area contributed by atoms with E-state index in [1.54, 1.807) is 0 Å². The Morgan fingerprint density at radius 1 is 1.54 bits per heavy atom. The predicted octanol–water partition coefficient (Wildman–Crippen LogP) is 1.55. The second kappa shape index (κ2) is 3.81. The van der Waals surface area contributed by atoms with Crippen molar-refractivity contribution in [3.8, 4) is 0 Å². The van der Waals surface area contributed by atoms with Crippen LogP contribution in [0.2, 0.25) is 0 Å². The van der Waals surface area contributed by atoms with Gasteiger partial charge in [0.1, 0.15) is 0 Å². The van der Waals surface area contributed by atoms with E-state index in [1.807, 2.05) is 13.0 Å². The minimum Gasteiger partial charge on any atom is -0.389 e. The first kappa shape index (κ1) is 9.22. The molecule has 2 aliphatic rings. The molecule has 0 aromatic carbocycles. The number of aliphatic hydroxyl groups excluding tert-OH is 1. The Kier molecular flexibility index (Phi) is 2.70. The molecule has 2 aliphatic heterocycles. The van der Waals surface area contributed by atoms with Crippen LogP contribution in [0.3, 0.4) is 0 Å². The third-order valence-electron chi connectivity index (χ3n) is 3.19. The molecule has 2 heteroatoms. The molecule has 2 nitrogen and oxygen atoms in total. The van der Waals surface area contributed by atoms with E-state index in [-0.39, 0.29) is 6.10 Å². The molecule has 0 amide bonds. The van der Waals surface area contributed by atoms with Crippen LogP contribution in [-0.4, -0.2) is 35.2 Å². The highest BCUT2D eigenvalue weighted by atomic mass is 16.3. The molecule has 2 saturated heterocycles. The Hall–Kier alpha value is -0.340. The van der Waals surface area contributed by atoms with E-state index in [9.17, 15) is 5.11 Å². The van der Waals surface area contributed by atoms with Crippen molar-refractivity contribution in [1.82, 2.24) is 4.90 Å². The number of nitrogens with zero attached hydrogens (tertiary/aromatic N) is 1. The van der Waals surface area contributed by atoms with E-state index in [2.05, 4.69) is 4.90 Å². The fourth-order valence-electron chi connectivity index (χ4n) is 2.61. The quantitative estimate of drug-likeness (QED) is 0.620. The summed E-state index contributed by atoms with van der Waals surface area (Å²) in [4.78, 5) is 2.60. The third-order valence-corrected chi connectivity index (χ3v) is 3.19.